The van der Waals surface area contributed by atoms with Crippen molar-refractivity contribution >= 4 is 17.5 Å². The zero-order valence-corrected chi connectivity index (χ0v) is 16.7. The van der Waals surface area contributed by atoms with Gasteiger partial charge in [-0.3, -0.25) is 0 Å². The molecule has 2 fully saturated rings. The Bertz CT molecular complexity index is 663. The van der Waals surface area contributed by atoms with Gasteiger partial charge in [0.2, 0.25) is 0 Å². The minimum atomic E-state index is -0.459. The molecule has 1 amide bonds. The number of hydrogen-bond donors (Lipinski definition) is 3. The molecule has 0 spiro atoms. The van der Waals surface area contributed by atoms with Gasteiger partial charge in [-0.2, -0.15) is 0 Å². The molecule has 2 aliphatic rings. The molecule has 150 valence electrons. The van der Waals surface area contributed by atoms with Crippen molar-refractivity contribution in [2.45, 2.75) is 76.5 Å². The average molecular weight is 376 g/mol. The smallest absolute Gasteiger partial charge is 0.410 e. The molecule has 6 heteroatoms. The van der Waals surface area contributed by atoms with E-state index in [1.165, 1.54) is 5.56 Å². The average Bonchev–Trinajstić information content (AvgIpc) is 3.00. The molecule has 1 aromatic carbocycles. The Labute approximate surface area is 162 Å². The number of piperidine rings is 1. The minimum absolute atomic E-state index is 0.205. The molecule has 3 rings (SSSR count). The van der Waals surface area contributed by atoms with Crippen molar-refractivity contribution in [1.82, 2.24) is 4.90 Å². The van der Waals surface area contributed by atoms with Crippen molar-refractivity contribution in [1.29, 1.82) is 0 Å². The lowest BCUT2D eigenvalue weighted by Gasteiger charge is -2.33. The topological polar surface area (TPSA) is 87.8 Å². The Morgan fingerprint density at radius 2 is 1.93 bits per heavy atom. The van der Waals surface area contributed by atoms with Crippen LogP contribution >= 0.6 is 0 Å². The highest BCUT2D eigenvalue weighted by molar-refractivity contribution is 5.69. The van der Waals surface area contributed by atoms with Crippen LogP contribution in [0.2, 0.25) is 0 Å². The number of carbonyl (C=O) groups excluding carboxylic acids is 1. The molecule has 1 aromatic rings. The predicted molar refractivity (Wildman–Crippen MR) is 108 cm³/mol. The van der Waals surface area contributed by atoms with E-state index in [-0.39, 0.29) is 18.2 Å². The van der Waals surface area contributed by atoms with Gasteiger partial charge in [-0.25, -0.2) is 4.79 Å². The summed E-state index contributed by atoms with van der Waals surface area (Å²) in [4.78, 5) is 14.0. The number of aliphatic hydroxyl groups excluding tert-OH is 1. The van der Waals surface area contributed by atoms with Crippen LogP contribution in [0.3, 0.4) is 0 Å². The largest absolute Gasteiger partial charge is 0.444 e. The van der Waals surface area contributed by atoms with Gasteiger partial charge in [-0.1, -0.05) is 6.07 Å². The number of nitrogen functional groups attached to an aromatic ring is 1. The quantitative estimate of drug-likeness (QED) is 0.701. The number of nitrogens with zero attached hydrogens (tertiary/aromatic N) is 1. The van der Waals surface area contributed by atoms with E-state index in [1.807, 2.05) is 26.8 Å². The number of nitrogens with two attached hydrogens (primary N) is 1. The summed E-state index contributed by atoms with van der Waals surface area (Å²) in [7, 11) is 0. The van der Waals surface area contributed by atoms with Crippen molar-refractivity contribution < 1.29 is 14.6 Å². The number of aliphatic hydroxyl groups is 1. The Morgan fingerprint density at radius 3 is 2.52 bits per heavy atom. The standard InChI is InChI=1S/C21H33N3O3/c1-21(2,3)27-20(26)24-10-8-14(9-11-24)15-4-7-18(22)19(12-15)23-16-5-6-17(25)13-16/h4,7,12,14,16-17,23,25H,5-6,8-11,13,22H2,1-3H3/t16-,17?/m0/s1. The van der Waals surface area contributed by atoms with Crippen LogP contribution in [0.1, 0.15) is 64.4 Å². The molecule has 6 nitrogen and oxygen atoms in total. The van der Waals surface area contributed by atoms with E-state index in [0.29, 0.717) is 19.0 Å². The molecule has 1 heterocycles. The second kappa shape index (κ2) is 7.97. The first-order valence-corrected chi connectivity index (χ1v) is 10.0. The number of rotatable bonds is 3. The molecule has 1 aliphatic heterocycles. The Hall–Kier alpha value is -1.95. The fourth-order valence-electron chi connectivity index (χ4n) is 3.98. The normalized spacial score (nSPS) is 24.1. The number of benzene rings is 1. The van der Waals surface area contributed by atoms with Crippen LogP contribution in [0.15, 0.2) is 18.2 Å². The third-order valence-electron chi connectivity index (χ3n) is 5.46. The number of amides is 1. The molecule has 0 aromatic heterocycles. The molecule has 1 saturated heterocycles. The first-order chi connectivity index (χ1) is 12.7. The van der Waals surface area contributed by atoms with Gasteiger partial charge in [0, 0.05) is 19.1 Å². The fraction of sp³-hybridized carbons (Fsp3) is 0.667. The SMILES string of the molecule is CC(C)(C)OC(=O)N1CCC(c2ccc(N)c(N[C@H]3CCC(O)C3)c2)CC1. The molecule has 0 radical (unpaired) electrons. The van der Waals surface area contributed by atoms with Gasteiger partial charge in [0.05, 0.1) is 17.5 Å². The molecule has 1 saturated carbocycles. The van der Waals surface area contributed by atoms with Crippen molar-refractivity contribution in [3.63, 3.8) is 0 Å². The van der Waals surface area contributed by atoms with Gasteiger partial charge in [-0.05, 0) is 76.5 Å². The van der Waals surface area contributed by atoms with Crippen molar-refractivity contribution in [3.8, 4) is 0 Å². The molecule has 2 atom stereocenters. The Balaban J connectivity index is 1.59. The van der Waals surface area contributed by atoms with Crippen LogP contribution in [0.5, 0.6) is 0 Å². The van der Waals surface area contributed by atoms with Crippen LogP contribution in [0, 0.1) is 0 Å². The van der Waals surface area contributed by atoms with Crippen LogP contribution in [0.25, 0.3) is 0 Å². The maximum atomic E-state index is 12.2. The summed E-state index contributed by atoms with van der Waals surface area (Å²) in [6.45, 7) is 7.10. The zero-order valence-electron chi connectivity index (χ0n) is 16.7. The number of anilines is 2. The van der Waals surface area contributed by atoms with E-state index in [2.05, 4.69) is 17.4 Å². The van der Waals surface area contributed by atoms with Gasteiger partial charge in [0.1, 0.15) is 5.60 Å². The summed E-state index contributed by atoms with van der Waals surface area (Å²) in [5, 5.41) is 13.2. The minimum Gasteiger partial charge on any atom is -0.444 e. The summed E-state index contributed by atoms with van der Waals surface area (Å²) in [6.07, 6.45) is 4.01. The first-order valence-electron chi connectivity index (χ1n) is 10.0. The van der Waals surface area contributed by atoms with E-state index in [1.54, 1.807) is 4.90 Å². The second-order valence-corrected chi connectivity index (χ2v) is 8.90. The highest BCUT2D eigenvalue weighted by atomic mass is 16.6. The number of likely N-dealkylation sites (tertiary alicyclic amines) is 1. The number of nitrogens with one attached hydrogen (secondary N) is 1. The molecular weight excluding hydrogens is 342 g/mol. The van der Waals surface area contributed by atoms with E-state index in [4.69, 9.17) is 10.5 Å². The third-order valence-corrected chi connectivity index (χ3v) is 5.46. The molecule has 1 aliphatic carbocycles. The van der Waals surface area contributed by atoms with Crippen LogP contribution < -0.4 is 11.1 Å². The summed E-state index contributed by atoms with van der Waals surface area (Å²) >= 11 is 0. The van der Waals surface area contributed by atoms with E-state index >= 15 is 0 Å². The first kappa shape index (κ1) is 19.8. The lowest BCUT2D eigenvalue weighted by molar-refractivity contribution is 0.0205. The van der Waals surface area contributed by atoms with Crippen molar-refractivity contribution in [2.75, 3.05) is 24.1 Å². The molecule has 0 bridgehead atoms. The van der Waals surface area contributed by atoms with Gasteiger partial charge in [0.25, 0.3) is 0 Å². The van der Waals surface area contributed by atoms with Crippen LogP contribution in [-0.2, 0) is 4.74 Å². The van der Waals surface area contributed by atoms with Crippen LogP contribution in [-0.4, -0.2) is 46.9 Å². The highest BCUT2D eigenvalue weighted by Crippen LogP contribution is 2.33. The van der Waals surface area contributed by atoms with Crippen molar-refractivity contribution in [3.05, 3.63) is 23.8 Å². The number of carbonyl (C=O) groups is 1. The van der Waals surface area contributed by atoms with Gasteiger partial charge >= 0.3 is 6.09 Å². The van der Waals surface area contributed by atoms with E-state index < -0.39 is 5.60 Å². The van der Waals surface area contributed by atoms with Crippen LogP contribution in [0.4, 0.5) is 16.2 Å². The maximum Gasteiger partial charge on any atom is 0.410 e. The van der Waals surface area contributed by atoms with Crippen molar-refractivity contribution in [2.24, 2.45) is 0 Å². The zero-order chi connectivity index (χ0) is 19.6. The molecular formula is C21H33N3O3. The third kappa shape index (κ3) is 5.28. The molecule has 1 unspecified atom stereocenters. The number of ether oxygens (including phenoxy) is 1. The van der Waals surface area contributed by atoms with Gasteiger partial charge in [-0.15, -0.1) is 0 Å². The number of hydrogen-bond acceptors (Lipinski definition) is 5. The van der Waals surface area contributed by atoms with E-state index in [0.717, 1.165) is 43.5 Å². The summed E-state index contributed by atoms with van der Waals surface area (Å²) < 4.78 is 5.48. The van der Waals surface area contributed by atoms with E-state index in [9.17, 15) is 9.90 Å². The van der Waals surface area contributed by atoms with Gasteiger partial charge < -0.3 is 25.8 Å². The summed E-state index contributed by atoms with van der Waals surface area (Å²) in [6, 6.07) is 6.49. The monoisotopic (exact) mass is 375 g/mol. The molecule has 4 N–H and O–H groups in total. The summed E-state index contributed by atoms with van der Waals surface area (Å²) in [5.41, 5.74) is 8.66. The predicted octanol–water partition coefficient (Wildman–Crippen LogP) is 3.71. The lowest BCUT2D eigenvalue weighted by Crippen LogP contribution is -2.41. The maximum absolute atomic E-state index is 12.2. The fourth-order valence-corrected chi connectivity index (χ4v) is 3.98. The van der Waals surface area contributed by atoms with Gasteiger partial charge in [0.15, 0.2) is 0 Å². The Morgan fingerprint density at radius 1 is 1.22 bits per heavy atom. The Kier molecular flexibility index (Phi) is 5.84. The summed E-state index contributed by atoms with van der Waals surface area (Å²) in [5.74, 6) is 0.416. The highest BCUT2D eigenvalue weighted by Gasteiger charge is 2.28. The molecule has 27 heavy (non-hydrogen) atoms. The lowest BCUT2D eigenvalue weighted by atomic mass is 9.89. The second-order valence-electron chi connectivity index (χ2n) is 8.90.